The Morgan fingerprint density at radius 3 is 2.73 bits per heavy atom. The largest absolute Gasteiger partial charge is 0.496 e. The lowest BCUT2D eigenvalue weighted by Gasteiger charge is -2.16. The van der Waals surface area contributed by atoms with Crippen LogP contribution >= 0.6 is 27.7 Å². The molecule has 1 aliphatic heterocycles. The second kappa shape index (κ2) is 10.7. The molecule has 0 aliphatic carbocycles. The van der Waals surface area contributed by atoms with Crippen LogP contribution in [0.5, 0.6) is 5.75 Å². The number of thioether (sulfide) groups is 1. The van der Waals surface area contributed by atoms with Crippen LogP contribution in [-0.4, -0.2) is 34.5 Å². The third-order valence-electron chi connectivity index (χ3n) is 4.63. The minimum Gasteiger partial charge on any atom is -0.496 e. The lowest BCUT2D eigenvalue weighted by Crippen LogP contribution is -2.31. The zero-order valence-electron chi connectivity index (χ0n) is 16.8. The molecule has 0 spiro atoms. The Hall–Kier alpha value is -2.19. The summed E-state index contributed by atoms with van der Waals surface area (Å²) in [6, 6.07) is 11.8. The van der Waals surface area contributed by atoms with Crippen LogP contribution in [0.3, 0.4) is 0 Å². The third-order valence-corrected chi connectivity index (χ3v) is 6.35. The molecule has 1 heterocycles. The molecule has 1 atom stereocenters. The molecule has 1 fully saturated rings. The van der Waals surface area contributed by atoms with E-state index in [0.29, 0.717) is 17.5 Å². The summed E-state index contributed by atoms with van der Waals surface area (Å²) in [6.07, 6.45) is 4.40. The van der Waals surface area contributed by atoms with Crippen molar-refractivity contribution in [1.29, 1.82) is 0 Å². The molecule has 2 aromatic carbocycles. The molecule has 0 unspecified atom stereocenters. The zero-order chi connectivity index (χ0) is 21.5. The van der Waals surface area contributed by atoms with Crippen molar-refractivity contribution < 1.29 is 13.9 Å². The SMILES string of the molecule is CCCC[C@@H]1S/C(=N/N=C\c2cc(Br)ccc2OC)N(Cc2ccc(F)cc2)C1=O. The lowest BCUT2D eigenvalue weighted by atomic mass is 10.1. The maximum Gasteiger partial charge on any atom is 0.242 e. The molecule has 0 bridgehead atoms. The number of nitrogens with zero attached hydrogens (tertiary/aromatic N) is 3. The van der Waals surface area contributed by atoms with Crippen LogP contribution in [0.1, 0.15) is 37.3 Å². The summed E-state index contributed by atoms with van der Waals surface area (Å²) in [4.78, 5) is 14.6. The number of amides is 1. The first-order valence-corrected chi connectivity index (χ1v) is 11.4. The number of unbranched alkanes of at least 4 members (excludes halogenated alkanes) is 1. The van der Waals surface area contributed by atoms with Crippen molar-refractivity contribution in [1.82, 2.24) is 4.90 Å². The molecule has 1 aliphatic rings. The molecule has 1 saturated heterocycles. The molecule has 1 amide bonds. The van der Waals surface area contributed by atoms with Crippen molar-refractivity contribution in [3.05, 3.63) is 63.9 Å². The topological polar surface area (TPSA) is 54.3 Å². The van der Waals surface area contributed by atoms with Crippen molar-refractivity contribution in [3.8, 4) is 5.75 Å². The molecule has 3 rings (SSSR count). The summed E-state index contributed by atoms with van der Waals surface area (Å²) in [5.41, 5.74) is 1.62. The molecule has 0 radical (unpaired) electrons. The van der Waals surface area contributed by atoms with Gasteiger partial charge >= 0.3 is 0 Å². The molecule has 8 heteroatoms. The molecule has 30 heavy (non-hydrogen) atoms. The highest BCUT2D eigenvalue weighted by atomic mass is 79.9. The summed E-state index contributed by atoms with van der Waals surface area (Å²) < 4.78 is 19.5. The van der Waals surface area contributed by atoms with E-state index in [4.69, 9.17) is 4.74 Å². The monoisotopic (exact) mass is 491 g/mol. The Balaban J connectivity index is 1.83. The van der Waals surface area contributed by atoms with E-state index in [9.17, 15) is 9.18 Å². The molecule has 0 aromatic heterocycles. The van der Waals surface area contributed by atoms with E-state index in [1.165, 1.54) is 23.9 Å². The Morgan fingerprint density at radius 2 is 2.03 bits per heavy atom. The van der Waals surface area contributed by atoms with Gasteiger partial charge in [0.1, 0.15) is 11.6 Å². The number of hydrogen-bond donors (Lipinski definition) is 0. The summed E-state index contributed by atoms with van der Waals surface area (Å²) >= 11 is 4.87. The van der Waals surface area contributed by atoms with E-state index in [2.05, 4.69) is 33.1 Å². The Bertz CT molecular complexity index is 950. The highest BCUT2D eigenvalue weighted by molar-refractivity contribution is 9.10. The van der Waals surface area contributed by atoms with Crippen LogP contribution in [0.2, 0.25) is 0 Å². The minimum absolute atomic E-state index is 0.0201. The van der Waals surface area contributed by atoms with Crippen molar-refractivity contribution in [2.75, 3.05) is 7.11 Å². The number of rotatable bonds is 8. The van der Waals surface area contributed by atoms with Crippen molar-refractivity contribution in [2.24, 2.45) is 10.2 Å². The van der Waals surface area contributed by atoms with E-state index in [1.807, 2.05) is 18.2 Å². The molecule has 2 aromatic rings. The van der Waals surface area contributed by atoms with Gasteiger partial charge in [-0.2, -0.15) is 5.10 Å². The number of methoxy groups -OCH3 is 1. The fraction of sp³-hybridized carbons (Fsp3) is 0.318. The van der Waals surface area contributed by atoms with Crippen molar-refractivity contribution in [3.63, 3.8) is 0 Å². The Kier molecular flexibility index (Phi) is 8.04. The van der Waals surface area contributed by atoms with Gasteiger partial charge in [-0.15, -0.1) is 5.10 Å². The highest BCUT2D eigenvalue weighted by Gasteiger charge is 2.37. The Labute approximate surface area is 188 Å². The van der Waals surface area contributed by atoms with Gasteiger partial charge in [-0.3, -0.25) is 9.69 Å². The predicted octanol–water partition coefficient (Wildman–Crippen LogP) is 5.62. The number of carbonyl (C=O) groups excluding carboxylic acids is 1. The number of carbonyl (C=O) groups is 1. The molecular formula is C22H23BrFN3O2S. The number of amidine groups is 1. The van der Waals surface area contributed by atoms with Crippen LogP contribution in [0.4, 0.5) is 4.39 Å². The molecule has 0 saturated carbocycles. The van der Waals surface area contributed by atoms with Gasteiger partial charge in [0, 0.05) is 10.0 Å². The first kappa shape index (κ1) is 22.5. The number of halogens is 2. The molecular weight excluding hydrogens is 469 g/mol. The minimum atomic E-state index is -0.303. The normalized spacial score (nSPS) is 18.0. The average molecular weight is 492 g/mol. The van der Waals surface area contributed by atoms with Gasteiger partial charge in [0.15, 0.2) is 5.17 Å². The van der Waals surface area contributed by atoms with Crippen molar-refractivity contribution in [2.45, 2.75) is 38.0 Å². The second-order valence-corrected chi connectivity index (χ2v) is 8.90. The quantitative estimate of drug-likeness (QED) is 0.355. The smallest absolute Gasteiger partial charge is 0.242 e. The van der Waals surface area contributed by atoms with Crippen LogP contribution in [-0.2, 0) is 11.3 Å². The van der Waals surface area contributed by atoms with Crippen LogP contribution in [0.15, 0.2) is 57.1 Å². The lowest BCUT2D eigenvalue weighted by molar-refractivity contribution is -0.126. The van der Waals surface area contributed by atoms with Gasteiger partial charge in [-0.1, -0.05) is 59.6 Å². The van der Waals surface area contributed by atoms with E-state index in [1.54, 1.807) is 30.4 Å². The van der Waals surface area contributed by atoms with Gasteiger partial charge < -0.3 is 4.74 Å². The van der Waals surface area contributed by atoms with Gasteiger partial charge in [0.2, 0.25) is 5.91 Å². The van der Waals surface area contributed by atoms with Crippen LogP contribution in [0, 0.1) is 5.82 Å². The summed E-state index contributed by atoms with van der Waals surface area (Å²) in [6.45, 7) is 2.44. The first-order valence-electron chi connectivity index (χ1n) is 9.69. The predicted molar refractivity (Wildman–Crippen MR) is 124 cm³/mol. The van der Waals surface area contributed by atoms with E-state index in [-0.39, 0.29) is 17.0 Å². The van der Waals surface area contributed by atoms with Crippen molar-refractivity contribution >= 4 is 45.0 Å². The second-order valence-electron chi connectivity index (χ2n) is 6.81. The average Bonchev–Trinajstić information content (AvgIpc) is 3.03. The zero-order valence-corrected chi connectivity index (χ0v) is 19.2. The fourth-order valence-corrected chi connectivity index (χ4v) is 4.55. The summed E-state index contributed by atoms with van der Waals surface area (Å²) in [5, 5.41) is 8.94. The third kappa shape index (κ3) is 5.70. The Morgan fingerprint density at radius 1 is 1.27 bits per heavy atom. The molecule has 5 nitrogen and oxygen atoms in total. The number of hydrogen-bond acceptors (Lipinski definition) is 5. The summed E-state index contributed by atoms with van der Waals surface area (Å²) in [7, 11) is 1.60. The number of ether oxygens (including phenoxy) is 1. The van der Waals surface area contributed by atoms with Gasteiger partial charge in [-0.25, -0.2) is 4.39 Å². The highest BCUT2D eigenvalue weighted by Crippen LogP contribution is 2.32. The van der Waals surface area contributed by atoms with Gasteiger partial charge in [0.25, 0.3) is 0 Å². The molecule has 158 valence electrons. The summed E-state index contributed by atoms with van der Waals surface area (Å²) in [5.74, 6) is 0.399. The van der Waals surface area contributed by atoms with Gasteiger partial charge in [0.05, 0.1) is 25.1 Å². The van der Waals surface area contributed by atoms with E-state index < -0.39 is 0 Å². The maximum atomic E-state index is 13.2. The fourth-order valence-electron chi connectivity index (χ4n) is 3.02. The maximum absolute atomic E-state index is 13.2. The van der Waals surface area contributed by atoms with E-state index >= 15 is 0 Å². The standard InChI is InChI=1S/C22H23BrFN3O2S/c1-3-4-5-20-21(28)27(14-15-6-9-18(24)10-7-15)22(30-20)26-25-13-16-12-17(23)8-11-19(16)29-2/h6-13,20H,3-5,14H2,1-2H3/b25-13-,26-22+/t20-/m0/s1. The first-order chi connectivity index (χ1) is 14.5. The van der Waals surface area contributed by atoms with Crippen LogP contribution < -0.4 is 4.74 Å². The van der Waals surface area contributed by atoms with E-state index in [0.717, 1.165) is 34.9 Å². The number of benzene rings is 2. The van der Waals surface area contributed by atoms with Crippen LogP contribution in [0.25, 0.3) is 0 Å². The molecule has 0 N–H and O–H groups in total. The van der Waals surface area contributed by atoms with Gasteiger partial charge in [-0.05, 0) is 42.3 Å².